The Kier molecular flexibility index (Phi) is 9.22. The highest BCUT2D eigenvalue weighted by Gasteiger charge is 2.33. The molecule has 1 aromatic rings. The fourth-order valence-corrected chi connectivity index (χ4v) is 2.97. The summed E-state index contributed by atoms with van der Waals surface area (Å²) in [7, 11) is -2.94. The summed E-state index contributed by atoms with van der Waals surface area (Å²) < 4.78 is 43.3. The van der Waals surface area contributed by atoms with Gasteiger partial charge in [-0.3, -0.25) is 13.9 Å². The molecule has 0 bridgehead atoms. The van der Waals surface area contributed by atoms with E-state index in [0.29, 0.717) is 0 Å². The third-order valence-corrected chi connectivity index (χ3v) is 4.69. The molecule has 0 aliphatic carbocycles. The maximum Gasteiger partial charge on any atom is 0.351 e. The van der Waals surface area contributed by atoms with E-state index in [4.69, 9.17) is 19.7 Å². The maximum atomic E-state index is 14.9. The molecule has 0 radical (unpaired) electrons. The van der Waals surface area contributed by atoms with Crippen LogP contribution in [0.5, 0.6) is 0 Å². The quantitative estimate of drug-likeness (QED) is 0.404. The van der Waals surface area contributed by atoms with E-state index in [1.807, 2.05) is 0 Å². The van der Waals surface area contributed by atoms with Crippen molar-refractivity contribution in [3.63, 3.8) is 0 Å². The van der Waals surface area contributed by atoms with Gasteiger partial charge in [0.05, 0.1) is 6.10 Å². The summed E-state index contributed by atoms with van der Waals surface area (Å²) in [6.45, 7) is 7.12. The van der Waals surface area contributed by atoms with Crippen molar-refractivity contribution in [2.45, 2.75) is 65.3 Å². The number of esters is 1. The van der Waals surface area contributed by atoms with Crippen molar-refractivity contribution in [3.8, 4) is 0 Å². The first kappa shape index (κ1) is 24.2. The summed E-state index contributed by atoms with van der Waals surface area (Å²) >= 11 is 0. The number of alkyl halides is 1. The molecule has 0 saturated heterocycles. The number of hydrogen-bond donors (Lipinski definition) is 2. The van der Waals surface area contributed by atoms with Crippen LogP contribution in [0.2, 0.25) is 0 Å². The summed E-state index contributed by atoms with van der Waals surface area (Å²) in [6, 6.07) is 0.493. The lowest BCUT2D eigenvalue weighted by Gasteiger charge is -2.28. The van der Waals surface area contributed by atoms with Gasteiger partial charge in [-0.1, -0.05) is 6.92 Å². The van der Waals surface area contributed by atoms with Crippen molar-refractivity contribution in [1.82, 2.24) is 14.6 Å². The van der Waals surface area contributed by atoms with Gasteiger partial charge >= 0.3 is 11.7 Å². The molecule has 160 valence electrons. The number of nitrogens with two attached hydrogens (primary N) is 1. The number of aromatic nitrogens is 2. The van der Waals surface area contributed by atoms with Crippen molar-refractivity contribution in [2.24, 2.45) is 0 Å². The molecule has 28 heavy (non-hydrogen) atoms. The molecular weight excluding hydrogens is 394 g/mol. The number of carbonyl (C=O) groups is 1. The zero-order chi connectivity index (χ0) is 21.5. The lowest BCUT2D eigenvalue weighted by molar-refractivity contribution is -0.213. The lowest BCUT2D eigenvalue weighted by atomic mass is 10.2. The smallest absolute Gasteiger partial charge is 0.351 e. The summed E-state index contributed by atoms with van der Waals surface area (Å²) in [4.78, 5) is 27.1. The second kappa shape index (κ2) is 10.7. The van der Waals surface area contributed by atoms with E-state index in [1.165, 1.54) is 33.0 Å². The second-order valence-corrected chi connectivity index (χ2v) is 7.58. The van der Waals surface area contributed by atoms with Gasteiger partial charge in [-0.25, -0.2) is 14.3 Å². The SMILES string of the molecule is CC[C@@](F)(CO[PH](=O)N[C@@H](C)C(=O)OC(C)C)O[C@H](C)n1ccc(N)nc1=O. The van der Waals surface area contributed by atoms with Crippen molar-refractivity contribution in [2.75, 3.05) is 12.3 Å². The number of nitrogens with zero attached hydrogens (tertiary/aromatic N) is 2. The van der Waals surface area contributed by atoms with Gasteiger partial charge in [-0.05, 0) is 33.8 Å². The highest BCUT2D eigenvalue weighted by Crippen LogP contribution is 2.29. The Labute approximate surface area is 163 Å². The number of carbonyl (C=O) groups excluding carboxylic acids is 1. The zero-order valence-corrected chi connectivity index (χ0v) is 17.6. The van der Waals surface area contributed by atoms with Gasteiger partial charge in [-0.2, -0.15) is 4.98 Å². The summed E-state index contributed by atoms with van der Waals surface area (Å²) in [5.74, 6) is -2.88. The molecule has 0 amide bonds. The molecule has 1 heterocycles. The van der Waals surface area contributed by atoms with Gasteiger partial charge in [0.25, 0.3) is 8.18 Å². The van der Waals surface area contributed by atoms with Crippen LogP contribution in [-0.2, 0) is 23.4 Å². The van der Waals surface area contributed by atoms with E-state index < -0.39 is 44.6 Å². The van der Waals surface area contributed by atoms with Crippen LogP contribution in [0.15, 0.2) is 17.1 Å². The minimum absolute atomic E-state index is 0.0357. The molecule has 0 aromatic carbocycles. The topological polar surface area (TPSA) is 135 Å². The van der Waals surface area contributed by atoms with Crippen molar-refractivity contribution in [3.05, 3.63) is 22.7 Å². The maximum absolute atomic E-state index is 14.9. The number of hydrogen-bond acceptors (Lipinski definition) is 8. The minimum atomic E-state index is -2.94. The molecule has 10 nitrogen and oxygen atoms in total. The van der Waals surface area contributed by atoms with Crippen LogP contribution in [0, 0.1) is 0 Å². The molecule has 0 aliphatic rings. The van der Waals surface area contributed by atoms with E-state index >= 15 is 0 Å². The van der Waals surface area contributed by atoms with E-state index in [1.54, 1.807) is 13.8 Å². The second-order valence-electron chi connectivity index (χ2n) is 6.42. The Morgan fingerprint density at radius 2 is 2.07 bits per heavy atom. The molecule has 1 rings (SSSR count). The van der Waals surface area contributed by atoms with Crippen LogP contribution in [0.1, 0.15) is 47.3 Å². The van der Waals surface area contributed by atoms with E-state index in [9.17, 15) is 18.5 Å². The fraction of sp³-hybridized carbons (Fsp3) is 0.688. The number of nitrogen functional groups attached to an aromatic ring is 1. The van der Waals surface area contributed by atoms with Gasteiger partial charge < -0.3 is 19.7 Å². The average molecular weight is 422 g/mol. The minimum Gasteiger partial charge on any atom is -0.462 e. The lowest BCUT2D eigenvalue weighted by Crippen LogP contribution is -2.38. The number of rotatable bonds is 11. The molecule has 1 aromatic heterocycles. The van der Waals surface area contributed by atoms with Crippen LogP contribution in [0.3, 0.4) is 0 Å². The van der Waals surface area contributed by atoms with Crippen LogP contribution >= 0.6 is 8.18 Å². The van der Waals surface area contributed by atoms with Crippen molar-refractivity contribution < 1.29 is 27.7 Å². The normalized spacial score (nSPS) is 17.0. The first-order valence-corrected chi connectivity index (χ1v) is 10.1. The third-order valence-electron chi connectivity index (χ3n) is 3.61. The predicted octanol–water partition coefficient (Wildman–Crippen LogP) is 1.77. The fourth-order valence-electron chi connectivity index (χ4n) is 2.07. The Balaban J connectivity index is 2.65. The van der Waals surface area contributed by atoms with Crippen molar-refractivity contribution >= 4 is 20.0 Å². The predicted molar refractivity (Wildman–Crippen MR) is 102 cm³/mol. The highest BCUT2D eigenvalue weighted by atomic mass is 31.1. The molecule has 0 spiro atoms. The summed E-state index contributed by atoms with van der Waals surface area (Å²) in [5, 5.41) is 2.43. The van der Waals surface area contributed by atoms with E-state index in [2.05, 4.69) is 10.1 Å². The molecule has 1 unspecified atom stereocenters. The zero-order valence-electron chi connectivity index (χ0n) is 16.6. The number of nitrogens with one attached hydrogen (secondary N) is 1. The first-order chi connectivity index (χ1) is 13.0. The Morgan fingerprint density at radius 3 is 2.61 bits per heavy atom. The summed E-state index contributed by atoms with van der Waals surface area (Å²) in [6.07, 6.45) is -0.128. The highest BCUT2D eigenvalue weighted by molar-refractivity contribution is 7.36. The number of anilines is 1. The first-order valence-electron chi connectivity index (χ1n) is 8.82. The van der Waals surface area contributed by atoms with Crippen LogP contribution in [-0.4, -0.2) is 40.1 Å². The molecule has 3 N–H and O–H groups in total. The third kappa shape index (κ3) is 7.67. The van der Waals surface area contributed by atoms with Crippen LogP contribution in [0.4, 0.5) is 10.2 Å². The molecule has 4 atom stereocenters. The van der Waals surface area contributed by atoms with Gasteiger partial charge in [0.15, 0.2) is 0 Å². The van der Waals surface area contributed by atoms with E-state index in [0.717, 1.165) is 4.57 Å². The molecular formula is C16H28FN4O6P. The van der Waals surface area contributed by atoms with Crippen LogP contribution in [0.25, 0.3) is 0 Å². The van der Waals surface area contributed by atoms with Gasteiger partial charge in [0, 0.05) is 12.6 Å². The Morgan fingerprint density at radius 1 is 1.43 bits per heavy atom. The number of ether oxygens (including phenoxy) is 2. The van der Waals surface area contributed by atoms with Crippen LogP contribution < -0.4 is 16.5 Å². The monoisotopic (exact) mass is 422 g/mol. The average Bonchev–Trinajstić information content (AvgIpc) is 2.59. The van der Waals surface area contributed by atoms with E-state index in [-0.39, 0.29) is 18.3 Å². The summed E-state index contributed by atoms with van der Waals surface area (Å²) in [5.41, 5.74) is 4.72. The molecule has 0 fully saturated rings. The molecule has 12 heteroatoms. The van der Waals surface area contributed by atoms with Gasteiger partial charge in [0.1, 0.15) is 24.7 Å². The standard InChI is InChI=1S/C16H28FN4O6P/c1-6-16(17,27-12(5)21-8-7-13(18)19-15(21)23)9-25-28(24)20-11(4)14(22)26-10(2)3/h7-8,10-12,28H,6,9H2,1-5H3,(H,20,24)(H2,18,19,23)/t11-,12+,16-/m0/s1. The van der Waals surface area contributed by atoms with Crippen molar-refractivity contribution in [1.29, 1.82) is 0 Å². The number of halogens is 1. The Hall–Kier alpha value is -1.81. The van der Waals surface area contributed by atoms with Gasteiger partial charge in [0.2, 0.25) is 5.85 Å². The van der Waals surface area contributed by atoms with Gasteiger partial charge in [-0.15, -0.1) is 0 Å². The molecule has 0 saturated carbocycles. The Bertz CT molecular complexity index is 746. The largest absolute Gasteiger partial charge is 0.462 e. The molecule has 0 aliphatic heterocycles.